The van der Waals surface area contributed by atoms with E-state index in [-0.39, 0.29) is 0 Å². The average Bonchev–Trinajstić information content (AvgIpc) is 2.63. The number of piperazine rings is 1. The minimum atomic E-state index is 0.698. The normalized spacial score (nSPS) is 15.4. The molecular formula is C19H22N2O2. The van der Waals surface area contributed by atoms with E-state index in [1.165, 1.54) is 5.69 Å². The number of carbonyl (C=O) groups is 1. The Balaban J connectivity index is 1.64. The molecule has 1 saturated heterocycles. The van der Waals surface area contributed by atoms with Crippen LogP contribution in [0.4, 0.5) is 5.69 Å². The fourth-order valence-corrected chi connectivity index (χ4v) is 3.04. The molecule has 3 rings (SSSR count). The van der Waals surface area contributed by atoms with Crippen LogP contribution in [0.5, 0.6) is 5.75 Å². The zero-order chi connectivity index (χ0) is 16.1. The van der Waals surface area contributed by atoms with Crippen molar-refractivity contribution in [2.75, 3.05) is 38.2 Å². The first-order valence-electron chi connectivity index (χ1n) is 7.94. The summed E-state index contributed by atoms with van der Waals surface area (Å²) in [5.74, 6) is 0.848. The summed E-state index contributed by atoms with van der Waals surface area (Å²) in [5.41, 5.74) is 3.06. The van der Waals surface area contributed by atoms with E-state index in [0.717, 1.165) is 50.3 Å². The summed E-state index contributed by atoms with van der Waals surface area (Å²) in [7, 11) is 1.67. The molecule has 4 heteroatoms. The minimum absolute atomic E-state index is 0.698. The van der Waals surface area contributed by atoms with Gasteiger partial charge in [-0.3, -0.25) is 9.69 Å². The van der Waals surface area contributed by atoms with Crippen molar-refractivity contribution in [3.05, 3.63) is 59.7 Å². The Morgan fingerprint density at radius 2 is 1.78 bits per heavy atom. The third-order valence-corrected chi connectivity index (χ3v) is 4.33. The van der Waals surface area contributed by atoms with Crippen molar-refractivity contribution < 1.29 is 9.53 Å². The number of ether oxygens (including phenoxy) is 1. The van der Waals surface area contributed by atoms with Crippen molar-refractivity contribution >= 4 is 12.0 Å². The van der Waals surface area contributed by atoms with E-state index < -0.39 is 0 Å². The van der Waals surface area contributed by atoms with Gasteiger partial charge in [-0.2, -0.15) is 0 Å². The second-order valence-electron chi connectivity index (χ2n) is 5.79. The summed E-state index contributed by atoms with van der Waals surface area (Å²) in [6, 6.07) is 16.1. The van der Waals surface area contributed by atoms with Crippen LogP contribution < -0.4 is 9.64 Å². The van der Waals surface area contributed by atoms with Crippen molar-refractivity contribution in [1.82, 2.24) is 4.90 Å². The van der Waals surface area contributed by atoms with Gasteiger partial charge in [0.2, 0.25) is 0 Å². The van der Waals surface area contributed by atoms with Gasteiger partial charge in [-0.25, -0.2) is 0 Å². The van der Waals surface area contributed by atoms with Crippen molar-refractivity contribution in [2.45, 2.75) is 6.54 Å². The smallest absolute Gasteiger partial charge is 0.150 e. The Bertz CT molecular complexity index is 650. The maximum atomic E-state index is 11.0. The summed E-state index contributed by atoms with van der Waals surface area (Å²) >= 11 is 0. The van der Waals surface area contributed by atoms with Crippen LogP contribution in [-0.4, -0.2) is 44.5 Å². The van der Waals surface area contributed by atoms with E-state index in [2.05, 4.69) is 34.1 Å². The number of carbonyl (C=O) groups excluding carboxylic acids is 1. The Kier molecular flexibility index (Phi) is 4.93. The first-order valence-corrected chi connectivity index (χ1v) is 7.94. The molecule has 0 atom stereocenters. The second-order valence-corrected chi connectivity index (χ2v) is 5.79. The van der Waals surface area contributed by atoms with Crippen LogP contribution in [0.2, 0.25) is 0 Å². The molecule has 23 heavy (non-hydrogen) atoms. The summed E-state index contributed by atoms with van der Waals surface area (Å²) < 4.78 is 5.42. The number of anilines is 1. The number of nitrogens with zero attached hydrogens (tertiary/aromatic N) is 2. The fourth-order valence-electron chi connectivity index (χ4n) is 3.04. The fraction of sp³-hybridized carbons (Fsp3) is 0.316. The van der Waals surface area contributed by atoms with Gasteiger partial charge in [-0.05, 0) is 30.3 Å². The highest BCUT2D eigenvalue weighted by Crippen LogP contribution is 2.22. The summed E-state index contributed by atoms with van der Waals surface area (Å²) in [4.78, 5) is 15.8. The molecule has 4 nitrogen and oxygen atoms in total. The van der Waals surface area contributed by atoms with Gasteiger partial charge in [0.25, 0.3) is 0 Å². The number of methoxy groups -OCH3 is 1. The van der Waals surface area contributed by atoms with Gasteiger partial charge in [-0.1, -0.05) is 18.2 Å². The topological polar surface area (TPSA) is 32.8 Å². The van der Waals surface area contributed by atoms with Crippen molar-refractivity contribution in [3.63, 3.8) is 0 Å². The molecule has 2 aromatic carbocycles. The molecule has 0 aliphatic carbocycles. The van der Waals surface area contributed by atoms with E-state index in [1.807, 2.05) is 18.2 Å². The highest BCUT2D eigenvalue weighted by Gasteiger charge is 2.18. The van der Waals surface area contributed by atoms with Crippen LogP contribution in [0.15, 0.2) is 48.5 Å². The maximum absolute atomic E-state index is 11.0. The summed E-state index contributed by atoms with van der Waals surface area (Å²) in [6.07, 6.45) is 0.885. The van der Waals surface area contributed by atoms with Gasteiger partial charge in [0.15, 0.2) is 0 Å². The van der Waals surface area contributed by atoms with Gasteiger partial charge in [0.05, 0.1) is 7.11 Å². The van der Waals surface area contributed by atoms with Crippen LogP contribution >= 0.6 is 0 Å². The molecule has 0 aromatic heterocycles. The molecule has 0 N–H and O–H groups in total. The molecule has 1 fully saturated rings. The molecule has 0 amide bonds. The predicted molar refractivity (Wildman–Crippen MR) is 92.3 cm³/mol. The number of para-hydroxylation sites is 1. The van der Waals surface area contributed by atoms with Gasteiger partial charge < -0.3 is 9.64 Å². The molecule has 120 valence electrons. The van der Waals surface area contributed by atoms with Crippen LogP contribution in [0, 0.1) is 0 Å². The largest absolute Gasteiger partial charge is 0.496 e. The molecule has 0 unspecified atom stereocenters. The Morgan fingerprint density at radius 3 is 2.43 bits per heavy atom. The molecule has 1 aliphatic rings. The lowest BCUT2D eigenvalue weighted by atomic mass is 10.1. The summed E-state index contributed by atoms with van der Waals surface area (Å²) in [5, 5.41) is 0. The third-order valence-electron chi connectivity index (χ3n) is 4.33. The van der Waals surface area contributed by atoms with E-state index in [4.69, 9.17) is 4.74 Å². The second kappa shape index (κ2) is 7.29. The number of hydrogen-bond acceptors (Lipinski definition) is 4. The third kappa shape index (κ3) is 3.71. The van der Waals surface area contributed by atoms with Crippen LogP contribution in [0.3, 0.4) is 0 Å². The van der Waals surface area contributed by atoms with Gasteiger partial charge >= 0.3 is 0 Å². The standard InChI is InChI=1S/C19H22N2O2/c1-23-19-8-7-16(15-22)13-17(19)14-20-9-11-21(12-10-20)18-5-3-2-4-6-18/h2-8,13,15H,9-12,14H2,1H3. The van der Waals surface area contributed by atoms with Crippen molar-refractivity contribution in [1.29, 1.82) is 0 Å². The monoisotopic (exact) mass is 310 g/mol. The van der Waals surface area contributed by atoms with Crippen molar-refractivity contribution in [2.24, 2.45) is 0 Å². The number of rotatable bonds is 5. The number of hydrogen-bond donors (Lipinski definition) is 0. The molecule has 2 aromatic rings. The Morgan fingerprint density at radius 1 is 1.04 bits per heavy atom. The predicted octanol–water partition coefficient (Wildman–Crippen LogP) is 2.83. The molecule has 0 spiro atoms. The quantitative estimate of drug-likeness (QED) is 0.795. The lowest BCUT2D eigenvalue weighted by molar-refractivity contribution is 0.112. The number of benzene rings is 2. The SMILES string of the molecule is COc1ccc(C=O)cc1CN1CCN(c2ccccc2)CC1. The van der Waals surface area contributed by atoms with Crippen LogP contribution in [-0.2, 0) is 6.54 Å². The van der Waals surface area contributed by atoms with Crippen molar-refractivity contribution in [3.8, 4) is 5.75 Å². The Labute approximate surface area is 137 Å². The number of aldehydes is 1. The zero-order valence-corrected chi connectivity index (χ0v) is 13.4. The molecule has 1 heterocycles. The highest BCUT2D eigenvalue weighted by molar-refractivity contribution is 5.75. The van der Waals surface area contributed by atoms with E-state index in [1.54, 1.807) is 13.2 Å². The van der Waals surface area contributed by atoms with Gasteiger partial charge in [0.1, 0.15) is 12.0 Å². The van der Waals surface area contributed by atoms with E-state index >= 15 is 0 Å². The summed E-state index contributed by atoms with van der Waals surface area (Å²) in [6.45, 7) is 4.85. The zero-order valence-electron chi connectivity index (χ0n) is 13.4. The first-order chi connectivity index (χ1) is 11.3. The highest BCUT2D eigenvalue weighted by atomic mass is 16.5. The molecular weight excluding hydrogens is 288 g/mol. The lowest BCUT2D eigenvalue weighted by Gasteiger charge is -2.36. The minimum Gasteiger partial charge on any atom is -0.496 e. The van der Waals surface area contributed by atoms with Gasteiger partial charge in [0, 0.05) is 49.5 Å². The Hall–Kier alpha value is -2.33. The van der Waals surface area contributed by atoms with Crippen LogP contribution in [0.1, 0.15) is 15.9 Å². The van der Waals surface area contributed by atoms with E-state index in [0.29, 0.717) is 5.56 Å². The molecule has 0 bridgehead atoms. The lowest BCUT2D eigenvalue weighted by Crippen LogP contribution is -2.46. The van der Waals surface area contributed by atoms with Gasteiger partial charge in [-0.15, -0.1) is 0 Å². The van der Waals surface area contributed by atoms with Crippen LogP contribution in [0.25, 0.3) is 0 Å². The average molecular weight is 310 g/mol. The molecule has 1 aliphatic heterocycles. The molecule has 0 saturated carbocycles. The van der Waals surface area contributed by atoms with E-state index in [9.17, 15) is 4.79 Å². The maximum Gasteiger partial charge on any atom is 0.150 e. The first kappa shape index (κ1) is 15.6. The molecule has 0 radical (unpaired) electrons.